The molecule has 0 fully saturated rings. The summed E-state index contributed by atoms with van der Waals surface area (Å²) in [5.74, 6) is 0.929. The summed E-state index contributed by atoms with van der Waals surface area (Å²) in [6.07, 6.45) is 4.55. The monoisotopic (exact) mass is 244 g/mol. The third kappa shape index (κ3) is 4.21. The lowest BCUT2D eigenvalue weighted by atomic mass is 10.1. The molecule has 0 spiro atoms. The number of pyridine rings is 1. The second kappa shape index (κ2) is 6.42. The first-order chi connectivity index (χ1) is 8.34. The van der Waals surface area contributed by atoms with Crippen LogP contribution in [0.25, 0.3) is 0 Å². The fraction of sp³-hybridized carbons (Fsp3) is 0.214. The number of thioether (sulfide) groups is 1. The Balaban J connectivity index is 1.80. The van der Waals surface area contributed by atoms with Gasteiger partial charge in [-0.15, -0.1) is 11.8 Å². The summed E-state index contributed by atoms with van der Waals surface area (Å²) < 4.78 is 0. The molecule has 3 heteroatoms. The molecule has 0 bridgehead atoms. The van der Waals surface area contributed by atoms with Crippen LogP contribution in [0.5, 0.6) is 0 Å². The predicted octanol–water partition coefficient (Wildman–Crippen LogP) is 2.74. The van der Waals surface area contributed by atoms with Crippen LogP contribution in [0.1, 0.15) is 5.56 Å². The van der Waals surface area contributed by atoms with Gasteiger partial charge in [0.05, 0.1) is 0 Å². The normalized spacial score (nSPS) is 12.3. The molecule has 88 valence electrons. The number of rotatable bonds is 5. The summed E-state index contributed by atoms with van der Waals surface area (Å²) in [4.78, 5) is 5.37. The van der Waals surface area contributed by atoms with E-state index in [1.54, 1.807) is 18.0 Å². The lowest BCUT2D eigenvalue weighted by molar-refractivity contribution is 0.746. The topological polar surface area (TPSA) is 38.9 Å². The molecule has 0 unspecified atom stereocenters. The molecule has 2 rings (SSSR count). The van der Waals surface area contributed by atoms with Gasteiger partial charge in [0.25, 0.3) is 0 Å². The van der Waals surface area contributed by atoms with E-state index in [2.05, 4.69) is 35.3 Å². The van der Waals surface area contributed by atoms with E-state index < -0.39 is 0 Å². The van der Waals surface area contributed by atoms with Gasteiger partial charge >= 0.3 is 0 Å². The molecule has 0 amide bonds. The van der Waals surface area contributed by atoms with Crippen LogP contribution in [0.4, 0.5) is 0 Å². The SMILES string of the molecule is N[C@H](CSc1ccccc1)Cc1cccnc1. The Labute approximate surface area is 106 Å². The largest absolute Gasteiger partial charge is 0.327 e. The number of hydrogen-bond acceptors (Lipinski definition) is 3. The number of aromatic nitrogens is 1. The van der Waals surface area contributed by atoms with Gasteiger partial charge in [-0.25, -0.2) is 0 Å². The molecule has 0 saturated carbocycles. The molecule has 0 aliphatic heterocycles. The van der Waals surface area contributed by atoms with Crippen molar-refractivity contribution in [2.24, 2.45) is 5.73 Å². The van der Waals surface area contributed by atoms with Crippen molar-refractivity contribution in [1.29, 1.82) is 0 Å². The zero-order valence-electron chi connectivity index (χ0n) is 9.62. The van der Waals surface area contributed by atoms with Gasteiger partial charge in [0, 0.05) is 29.1 Å². The standard InChI is InChI=1S/C14H16N2S/c15-13(9-12-5-4-8-16-10-12)11-17-14-6-2-1-3-7-14/h1-8,10,13H,9,11,15H2/t13-/m0/s1. The molecular formula is C14H16N2S. The number of hydrogen-bond donors (Lipinski definition) is 1. The van der Waals surface area contributed by atoms with E-state index in [4.69, 9.17) is 5.73 Å². The lowest BCUT2D eigenvalue weighted by Gasteiger charge is -2.10. The van der Waals surface area contributed by atoms with Gasteiger partial charge in [0.1, 0.15) is 0 Å². The molecule has 0 radical (unpaired) electrons. The van der Waals surface area contributed by atoms with Gasteiger partial charge < -0.3 is 5.73 Å². The Morgan fingerprint density at radius 2 is 1.94 bits per heavy atom. The van der Waals surface area contributed by atoms with Crippen molar-refractivity contribution in [3.63, 3.8) is 0 Å². The highest BCUT2D eigenvalue weighted by Crippen LogP contribution is 2.18. The Kier molecular flexibility index (Phi) is 4.59. The average molecular weight is 244 g/mol. The Morgan fingerprint density at radius 3 is 2.65 bits per heavy atom. The molecule has 17 heavy (non-hydrogen) atoms. The van der Waals surface area contributed by atoms with Crippen molar-refractivity contribution >= 4 is 11.8 Å². The summed E-state index contributed by atoms with van der Waals surface area (Å²) in [6, 6.07) is 14.5. The van der Waals surface area contributed by atoms with Crippen LogP contribution in [-0.2, 0) is 6.42 Å². The zero-order chi connectivity index (χ0) is 11.9. The van der Waals surface area contributed by atoms with Crippen LogP contribution in [-0.4, -0.2) is 16.8 Å². The molecule has 1 aromatic heterocycles. The minimum absolute atomic E-state index is 0.171. The Bertz CT molecular complexity index is 430. The quantitative estimate of drug-likeness (QED) is 0.822. The van der Waals surface area contributed by atoms with Crippen molar-refractivity contribution in [2.45, 2.75) is 17.4 Å². The minimum atomic E-state index is 0.171. The van der Waals surface area contributed by atoms with Crippen molar-refractivity contribution in [1.82, 2.24) is 4.98 Å². The molecule has 1 heterocycles. The van der Waals surface area contributed by atoms with E-state index in [0.29, 0.717) is 0 Å². The first-order valence-electron chi connectivity index (χ1n) is 5.67. The van der Waals surface area contributed by atoms with Crippen LogP contribution in [0.3, 0.4) is 0 Å². The molecular weight excluding hydrogens is 228 g/mol. The van der Waals surface area contributed by atoms with Crippen molar-refractivity contribution in [2.75, 3.05) is 5.75 Å². The van der Waals surface area contributed by atoms with E-state index in [9.17, 15) is 0 Å². The molecule has 0 aliphatic carbocycles. The van der Waals surface area contributed by atoms with Crippen molar-refractivity contribution in [3.8, 4) is 0 Å². The van der Waals surface area contributed by atoms with E-state index in [0.717, 1.165) is 12.2 Å². The fourth-order valence-electron chi connectivity index (χ4n) is 1.60. The van der Waals surface area contributed by atoms with E-state index in [1.807, 2.05) is 18.3 Å². The highest BCUT2D eigenvalue weighted by Gasteiger charge is 2.04. The average Bonchev–Trinajstić information content (AvgIpc) is 2.39. The fourth-order valence-corrected chi connectivity index (χ4v) is 2.47. The van der Waals surface area contributed by atoms with Crippen LogP contribution in [0, 0.1) is 0 Å². The van der Waals surface area contributed by atoms with Crippen molar-refractivity contribution in [3.05, 3.63) is 60.4 Å². The Hall–Kier alpha value is -1.32. The summed E-state index contributed by atoms with van der Waals surface area (Å²) in [5, 5.41) is 0. The maximum Gasteiger partial charge on any atom is 0.0300 e. The Morgan fingerprint density at radius 1 is 1.12 bits per heavy atom. The highest BCUT2D eigenvalue weighted by molar-refractivity contribution is 7.99. The van der Waals surface area contributed by atoms with Crippen LogP contribution in [0.2, 0.25) is 0 Å². The van der Waals surface area contributed by atoms with E-state index in [-0.39, 0.29) is 6.04 Å². The van der Waals surface area contributed by atoms with Crippen LogP contribution >= 0.6 is 11.8 Å². The third-order valence-corrected chi connectivity index (χ3v) is 3.63. The molecule has 1 aromatic carbocycles. The highest BCUT2D eigenvalue weighted by atomic mass is 32.2. The van der Waals surface area contributed by atoms with Gasteiger partial charge in [-0.05, 0) is 30.2 Å². The van der Waals surface area contributed by atoms with Gasteiger partial charge in [-0.1, -0.05) is 24.3 Å². The second-order valence-corrected chi connectivity index (χ2v) is 5.04. The van der Waals surface area contributed by atoms with Crippen LogP contribution in [0.15, 0.2) is 59.8 Å². The third-order valence-electron chi connectivity index (χ3n) is 2.43. The molecule has 1 atom stereocenters. The van der Waals surface area contributed by atoms with Crippen molar-refractivity contribution < 1.29 is 0 Å². The first-order valence-corrected chi connectivity index (χ1v) is 6.65. The molecule has 2 N–H and O–H groups in total. The maximum absolute atomic E-state index is 6.10. The van der Waals surface area contributed by atoms with Crippen LogP contribution < -0.4 is 5.73 Å². The lowest BCUT2D eigenvalue weighted by Crippen LogP contribution is -2.25. The summed E-state index contributed by atoms with van der Waals surface area (Å²) in [5.41, 5.74) is 7.31. The van der Waals surface area contributed by atoms with Gasteiger partial charge in [0.2, 0.25) is 0 Å². The minimum Gasteiger partial charge on any atom is -0.327 e. The number of nitrogens with two attached hydrogens (primary N) is 1. The zero-order valence-corrected chi connectivity index (χ0v) is 10.4. The molecule has 2 nitrogen and oxygen atoms in total. The smallest absolute Gasteiger partial charge is 0.0300 e. The summed E-state index contributed by atoms with van der Waals surface area (Å²) >= 11 is 1.80. The molecule has 0 aliphatic rings. The van der Waals surface area contributed by atoms with E-state index >= 15 is 0 Å². The number of benzene rings is 1. The second-order valence-electron chi connectivity index (χ2n) is 3.95. The number of nitrogens with zero attached hydrogens (tertiary/aromatic N) is 1. The van der Waals surface area contributed by atoms with Gasteiger partial charge in [0.15, 0.2) is 0 Å². The summed E-state index contributed by atoms with van der Waals surface area (Å²) in [7, 11) is 0. The van der Waals surface area contributed by atoms with Gasteiger partial charge in [-0.3, -0.25) is 4.98 Å². The first kappa shape index (κ1) is 12.1. The maximum atomic E-state index is 6.10. The van der Waals surface area contributed by atoms with Gasteiger partial charge in [-0.2, -0.15) is 0 Å². The molecule has 0 saturated heterocycles. The van der Waals surface area contributed by atoms with E-state index in [1.165, 1.54) is 10.5 Å². The predicted molar refractivity (Wildman–Crippen MR) is 73.1 cm³/mol. The molecule has 2 aromatic rings. The summed E-state index contributed by atoms with van der Waals surface area (Å²) in [6.45, 7) is 0.